The van der Waals surface area contributed by atoms with E-state index in [1.165, 1.54) is 0 Å². The zero-order chi connectivity index (χ0) is 14.5. The SMILES string of the molecule is CC1CN(S(=O)(=O)c2cc(CN)n(C3CC3)c2)CC1C. The Labute approximate surface area is 120 Å². The molecule has 2 aliphatic rings. The molecule has 2 heterocycles. The Morgan fingerprint density at radius 3 is 2.35 bits per heavy atom. The summed E-state index contributed by atoms with van der Waals surface area (Å²) in [5.41, 5.74) is 6.66. The molecule has 0 radical (unpaired) electrons. The van der Waals surface area contributed by atoms with Crippen molar-refractivity contribution in [3.8, 4) is 0 Å². The lowest BCUT2D eigenvalue weighted by molar-refractivity contribution is 0.463. The highest BCUT2D eigenvalue weighted by Gasteiger charge is 2.36. The van der Waals surface area contributed by atoms with Gasteiger partial charge >= 0.3 is 0 Å². The van der Waals surface area contributed by atoms with Crippen molar-refractivity contribution in [2.24, 2.45) is 17.6 Å². The van der Waals surface area contributed by atoms with Gasteiger partial charge in [0, 0.05) is 37.6 Å². The molecule has 1 saturated carbocycles. The van der Waals surface area contributed by atoms with Crippen molar-refractivity contribution in [3.63, 3.8) is 0 Å². The molecule has 0 aromatic carbocycles. The van der Waals surface area contributed by atoms with Crippen molar-refractivity contribution in [2.75, 3.05) is 13.1 Å². The topological polar surface area (TPSA) is 68.3 Å². The number of hydrogen-bond donors (Lipinski definition) is 1. The van der Waals surface area contributed by atoms with E-state index < -0.39 is 10.0 Å². The average molecular weight is 297 g/mol. The first-order valence-corrected chi connectivity index (χ1v) is 8.78. The van der Waals surface area contributed by atoms with E-state index in [2.05, 4.69) is 18.4 Å². The molecular formula is C14H23N3O2S. The Morgan fingerprint density at radius 2 is 1.85 bits per heavy atom. The minimum atomic E-state index is -3.37. The molecule has 1 aromatic rings. The Bertz CT molecular complexity index is 594. The number of aromatic nitrogens is 1. The summed E-state index contributed by atoms with van der Waals surface area (Å²) in [5, 5.41) is 0. The summed E-state index contributed by atoms with van der Waals surface area (Å²) in [6, 6.07) is 2.20. The average Bonchev–Trinajstić information content (AvgIpc) is 3.06. The fourth-order valence-corrected chi connectivity index (χ4v) is 4.61. The predicted octanol–water partition coefficient (Wildman–Crippen LogP) is 1.56. The highest BCUT2D eigenvalue weighted by Crippen LogP contribution is 2.38. The maximum Gasteiger partial charge on any atom is 0.244 e. The highest BCUT2D eigenvalue weighted by molar-refractivity contribution is 7.89. The van der Waals surface area contributed by atoms with Gasteiger partial charge in [0.25, 0.3) is 0 Å². The van der Waals surface area contributed by atoms with E-state index in [0.29, 0.717) is 42.4 Å². The summed E-state index contributed by atoms with van der Waals surface area (Å²) >= 11 is 0. The molecule has 0 amide bonds. The van der Waals surface area contributed by atoms with Crippen LogP contribution in [-0.2, 0) is 16.6 Å². The zero-order valence-electron chi connectivity index (χ0n) is 12.1. The molecule has 1 aromatic heterocycles. The number of nitrogens with zero attached hydrogens (tertiary/aromatic N) is 2. The zero-order valence-corrected chi connectivity index (χ0v) is 12.9. The molecule has 1 aliphatic heterocycles. The molecule has 112 valence electrons. The van der Waals surface area contributed by atoms with Crippen LogP contribution in [0.2, 0.25) is 0 Å². The van der Waals surface area contributed by atoms with Gasteiger partial charge in [0.05, 0.1) is 0 Å². The maximum absolute atomic E-state index is 12.7. The lowest BCUT2D eigenvalue weighted by Crippen LogP contribution is -2.28. The van der Waals surface area contributed by atoms with Gasteiger partial charge in [0.15, 0.2) is 0 Å². The van der Waals surface area contributed by atoms with Gasteiger partial charge < -0.3 is 10.3 Å². The molecule has 0 bridgehead atoms. The number of hydrogen-bond acceptors (Lipinski definition) is 3. The summed E-state index contributed by atoms with van der Waals surface area (Å²) in [4.78, 5) is 0.408. The molecule has 6 heteroatoms. The van der Waals surface area contributed by atoms with Gasteiger partial charge in [-0.05, 0) is 30.7 Å². The Hall–Kier alpha value is -0.850. The molecule has 1 saturated heterocycles. The molecule has 1 aliphatic carbocycles. The van der Waals surface area contributed by atoms with E-state index in [-0.39, 0.29) is 0 Å². The van der Waals surface area contributed by atoms with Crippen molar-refractivity contribution in [1.29, 1.82) is 0 Å². The standard InChI is InChI=1S/C14H23N3O2S/c1-10-7-16(8-11(10)2)20(18,19)14-5-13(6-15)17(9-14)12-3-4-12/h5,9-12H,3-4,6-8,15H2,1-2H3. The lowest BCUT2D eigenvalue weighted by Gasteiger charge is -2.14. The van der Waals surface area contributed by atoms with Gasteiger partial charge in [-0.1, -0.05) is 13.8 Å². The fourth-order valence-electron chi connectivity index (χ4n) is 2.92. The number of sulfonamides is 1. The first kappa shape index (κ1) is 14.1. The van der Waals surface area contributed by atoms with Crippen LogP contribution in [0.5, 0.6) is 0 Å². The summed E-state index contributed by atoms with van der Waals surface area (Å²) in [6.45, 7) is 5.85. The summed E-state index contributed by atoms with van der Waals surface area (Å²) < 4.78 is 29.1. The van der Waals surface area contributed by atoms with Crippen LogP contribution in [0.25, 0.3) is 0 Å². The first-order chi connectivity index (χ1) is 9.43. The van der Waals surface area contributed by atoms with Crippen LogP contribution < -0.4 is 5.73 Å². The van der Waals surface area contributed by atoms with Crippen molar-refractivity contribution >= 4 is 10.0 Å². The van der Waals surface area contributed by atoms with Gasteiger partial charge in [-0.2, -0.15) is 4.31 Å². The van der Waals surface area contributed by atoms with Crippen LogP contribution in [-0.4, -0.2) is 30.4 Å². The maximum atomic E-state index is 12.7. The Kier molecular flexibility index (Phi) is 3.43. The van der Waals surface area contributed by atoms with Crippen molar-refractivity contribution in [3.05, 3.63) is 18.0 Å². The van der Waals surface area contributed by atoms with Crippen LogP contribution in [0, 0.1) is 11.8 Å². The normalized spacial score (nSPS) is 28.1. The summed E-state index contributed by atoms with van der Waals surface area (Å²) in [7, 11) is -3.37. The van der Waals surface area contributed by atoms with Gasteiger partial charge in [0.2, 0.25) is 10.0 Å². The van der Waals surface area contributed by atoms with E-state index in [4.69, 9.17) is 5.73 Å². The lowest BCUT2D eigenvalue weighted by atomic mass is 10.0. The molecule has 2 atom stereocenters. The second-order valence-electron chi connectivity index (χ2n) is 6.29. The third-order valence-corrected chi connectivity index (χ3v) is 6.45. The minimum Gasteiger partial charge on any atom is -0.346 e. The van der Waals surface area contributed by atoms with E-state index in [9.17, 15) is 8.42 Å². The van der Waals surface area contributed by atoms with Crippen molar-refractivity contribution < 1.29 is 8.42 Å². The molecular weight excluding hydrogens is 274 g/mol. The fraction of sp³-hybridized carbons (Fsp3) is 0.714. The van der Waals surface area contributed by atoms with E-state index in [1.54, 1.807) is 16.6 Å². The van der Waals surface area contributed by atoms with Crippen LogP contribution in [0.3, 0.4) is 0 Å². The highest BCUT2D eigenvalue weighted by atomic mass is 32.2. The predicted molar refractivity (Wildman–Crippen MR) is 77.7 cm³/mol. The van der Waals surface area contributed by atoms with Crippen LogP contribution >= 0.6 is 0 Å². The van der Waals surface area contributed by atoms with Crippen LogP contribution in [0.1, 0.15) is 38.4 Å². The number of nitrogens with two attached hydrogens (primary N) is 1. The minimum absolute atomic E-state index is 0.388. The first-order valence-electron chi connectivity index (χ1n) is 7.34. The van der Waals surface area contributed by atoms with Crippen molar-refractivity contribution in [2.45, 2.75) is 44.2 Å². The smallest absolute Gasteiger partial charge is 0.244 e. The monoisotopic (exact) mass is 297 g/mol. The third kappa shape index (κ3) is 2.29. The van der Waals surface area contributed by atoms with Gasteiger partial charge in [-0.25, -0.2) is 8.42 Å². The summed E-state index contributed by atoms with van der Waals surface area (Å²) in [6.07, 6.45) is 4.03. The van der Waals surface area contributed by atoms with Gasteiger partial charge in [-0.15, -0.1) is 0 Å². The Morgan fingerprint density at radius 1 is 1.25 bits per heavy atom. The number of rotatable bonds is 4. The van der Waals surface area contributed by atoms with Crippen LogP contribution in [0.15, 0.2) is 17.2 Å². The second kappa shape index (κ2) is 4.86. The second-order valence-corrected chi connectivity index (χ2v) is 8.22. The summed E-state index contributed by atoms with van der Waals surface area (Å²) in [5.74, 6) is 0.841. The molecule has 2 unspecified atom stereocenters. The van der Waals surface area contributed by atoms with E-state index in [0.717, 1.165) is 18.5 Å². The van der Waals surface area contributed by atoms with Gasteiger partial charge in [-0.3, -0.25) is 0 Å². The molecule has 2 N–H and O–H groups in total. The molecule has 0 spiro atoms. The Balaban J connectivity index is 1.91. The van der Waals surface area contributed by atoms with Crippen LogP contribution in [0.4, 0.5) is 0 Å². The van der Waals surface area contributed by atoms with E-state index in [1.807, 2.05) is 0 Å². The molecule has 3 rings (SSSR count). The quantitative estimate of drug-likeness (QED) is 0.917. The molecule has 5 nitrogen and oxygen atoms in total. The van der Waals surface area contributed by atoms with Gasteiger partial charge in [0.1, 0.15) is 4.90 Å². The largest absolute Gasteiger partial charge is 0.346 e. The molecule has 20 heavy (non-hydrogen) atoms. The van der Waals surface area contributed by atoms with E-state index >= 15 is 0 Å². The third-order valence-electron chi connectivity index (χ3n) is 4.65. The molecule has 2 fully saturated rings. The van der Waals surface area contributed by atoms with Crippen molar-refractivity contribution in [1.82, 2.24) is 8.87 Å².